The van der Waals surface area contributed by atoms with E-state index < -0.39 is 0 Å². The Labute approximate surface area is 484 Å². The summed E-state index contributed by atoms with van der Waals surface area (Å²) >= 11 is 0. The van der Waals surface area contributed by atoms with Crippen LogP contribution in [0.5, 0.6) is 0 Å². The smallest absolute Gasteiger partial charge is 0.0118 e. The summed E-state index contributed by atoms with van der Waals surface area (Å²) in [6, 6.07) is 39.3. The summed E-state index contributed by atoms with van der Waals surface area (Å²) < 4.78 is 0. The SMILES string of the molecule is CC.CC.CC.CC.CC.CC.PCc1cc(CP)cc(-c2ccc(CP)c3c2CCC3)c1.PCc1cc(CP)cc(-c2cccc3c2CCC3CP)c1.PCc1cccc(-c2ccc(CP)c3c2CCC3CP)c1. The van der Waals surface area contributed by atoms with E-state index in [-0.39, 0.29) is 0 Å². The van der Waals surface area contributed by atoms with Crippen LogP contribution in [0, 0.1) is 0 Å². The minimum atomic E-state index is 0.727. The molecule has 75 heavy (non-hydrogen) atoms. The summed E-state index contributed by atoms with van der Waals surface area (Å²) in [6.07, 6.45) is 18.5. The predicted molar refractivity (Wildman–Crippen MR) is 381 cm³/mol. The first-order valence-electron chi connectivity index (χ1n) is 28.9. The molecule has 3 aliphatic rings. The Hall–Kier alpha value is -0.810. The molecule has 6 aromatic carbocycles. The second-order valence-corrected chi connectivity index (χ2v) is 21.1. The molecule has 0 bridgehead atoms. The van der Waals surface area contributed by atoms with Gasteiger partial charge in [-0.3, -0.25) is 0 Å². The van der Waals surface area contributed by atoms with Crippen LogP contribution in [0.3, 0.4) is 0 Å². The topological polar surface area (TPSA) is 0 Å². The Bertz CT molecular complexity index is 2470. The van der Waals surface area contributed by atoms with Crippen molar-refractivity contribution in [2.24, 2.45) is 0 Å². The van der Waals surface area contributed by atoms with E-state index in [2.05, 4.69) is 186 Å². The van der Waals surface area contributed by atoms with Crippen LogP contribution in [0.2, 0.25) is 0 Å². The van der Waals surface area contributed by atoms with Crippen LogP contribution in [-0.4, -0.2) is 12.3 Å². The van der Waals surface area contributed by atoms with Gasteiger partial charge in [0.2, 0.25) is 0 Å². The first-order chi connectivity index (χ1) is 36.8. The van der Waals surface area contributed by atoms with E-state index in [0.29, 0.717) is 0 Å². The maximum Gasteiger partial charge on any atom is -0.0118 e. The van der Waals surface area contributed by atoms with Gasteiger partial charge in [-0.1, -0.05) is 186 Å². The van der Waals surface area contributed by atoms with E-state index in [1.54, 1.807) is 33.4 Å². The zero-order chi connectivity index (χ0) is 56.5. The van der Waals surface area contributed by atoms with Crippen LogP contribution in [0.4, 0.5) is 0 Å². The lowest BCUT2D eigenvalue weighted by atomic mass is 9.91. The predicted octanol–water partition coefficient (Wildman–Crippen LogP) is 21.1. The summed E-state index contributed by atoms with van der Waals surface area (Å²) in [5, 5.41) is 0. The molecule has 11 unspecified atom stereocenters. The Balaban J connectivity index is 0.000000510. The largest absolute Gasteiger partial charge is 0.137 e. The van der Waals surface area contributed by atoms with Gasteiger partial charge in [0.25, 0.3) is 0 Å². The average Bonchev–Trinajstić information content (AvgIpc) is 4.30. The van der Waals surface area contributed by atoms with Crippen LogP contribution in [-0.2, 0) is 68.8 Å². The highest BCUT2D eigenvalue weighted by atomic mass is 31.0. The molecule has 0 radical (unpaired) electrons. The van der Waals surface area contributed by atoms with Crippen LogP contribution >= 0.6 is 83.2 Å². The lowest BCUT2D eigenvalue weighted by Crippen LogP contribution is -2.00. The van der Waals surface area contributed by atoms with Crippen molar-refractivity contribution >= 4 is 83.2 Å². The lowest BCUT2D eigenvalue weighted by Gasteiger charge is -2.16. The Kier molecular flexibility index (Phi) is 40.5. The van der Waals surface area contributed by atoms with Gasteiger partial charge in [-0.15, -0.1) is 83.2 Å². The van der Waals surface area contributed by atoms with Gasteiger partial charge in [-0.25, -0.2) is 0 Å². The number of hydrogen-bond acceptors (Lipinski definition) is 0. The van der Waals surface area contributed by atoms with Crippen LogP contribution in [0.15, 0.2) is 103 Å². The maximum atomic E-state index is 2.94. The number of benzene rings is 6. The number of hydrogen-bond donors (Lipinski definition) is 0. The normalized spacial score (nSPS) is 13.8. The van der Waals surface area contributed by atoms with Crippen LogP contribution in [0.25, 0.3) is 33.4 Å². The molecule has 0 fully saturated rings. The molecule has 414 valence electrons. The summed E-state index contributed by atoms with van der Waals surface area (Å²) in [5.74, 6) is 1.46. The van der Waals surface area contributed by atoms with Gasteiger partial charge >= 0.3 is 0 Å². The zero-order valence-electron chi connectivity index (χ0n) is 49.0. The van der Waals surface area contributed by atoms with Gasteiger partial charge in [0, 0.05) is 0 Å². The zero-order valence-corrected chi connectivity index (χ0v) is 59.4. The highest BCUT2D eigenvalue weighted by Crippen LogP contribution is 2.44. The van der Waals surface area contributed by atoms with Gasteiger partial charge in [0.15, 0.2) is 0 Å². The molecule has 0 N–H and O–H groups in total. The minimum absolute atomic E-state index is 0.727. The summed E-state index contributed by atoms with van der Waals surface area (Å²) in [7, 11) is 25.8. The Morgan fingerprint density at radius 2 is 0.747 bits per heavy atom. The van der Waals surface area contributed by atoms with Crippen molar-refractivity contribution in [3.8, 4) is 33.4 Å². The molecule has 0 saturated carbocycles. The van der Waals surface area contributed by atoms with E-state index >= 15 is 0 Å². The number of fused-ring (bicyclic) bond motifs is 3. The average molecular weight is 1180 g/mol. The fraction of sp³-hybridized carbons (Fsp3) is 0.455. The molecular formula is C66H105P9. The molecule has 0 spiro atoms. The molecule has 9 heteroatoms. The van der Waals surface area contributed by atoms with Gasteiger partial charge in [0.05, 0.1) is 0 Å². The molecule has 9 rings (SSSR count). The van der Waals surface area contributed by atoms with Gasteiger partial charge in [0.1, 0.15) is 0 Å². The van der Waals surface area contributed by atoms with Crippen molar-refractivity contribution in [3.05, 3.63) is 175 Å². The third kappa shape index (κ3) is 20.3. The summed E-state index contributed by atoms with van der Waals surface area (Å²) in [5.41, 5.74) is 28.2. The number of rotatable bonds is 12. The minimum Gasteiger partial charge on any atom is -0.137 e. The molecule has 0 heterocycles. The highest BCUT2D eigenvalue weighted by Gasteiger charge is 2.27. The fourth-order valence-electron chi connectivity index (χ4n) is 10.3. The quantitative estimate of drug-likeness (QED) is 0.107. The molecule has 0 nitrogen and oxygen atoms in total. The molecule has 6 aromatic rings. The van der Waals surface area contributed by atoms with Gasteiger partial charge in [-0.05, 0) is 218 Å². The van der Waals surface area contributed by atoms with Crippen molar-refractivity contribution in [2.75, 3.05) is 12.3 Å². The first kappa shape index (κ1) is 72.2. The molecule has 11 atom stereocenters. The third-order valence-electron chi connectivity index (χ3n) is 13.5. The van der Waals surface area contributed by atoms with E-state index in [4.69, 9.17) is 0 Å². The Morgan fingerprint density at radius 1 is 0.333 bits per heavy atom. The standard InChI is InChI=1S/3C18H23P3.6C2H6/c19-9-12-2-1-3-13(8-12)16-6-4-14(10-20)18-15(11-21)5-7-17(16)18;19-9-12-6-13(10-20)8-15(7-12)17-5-4-14(11-21)16-2-1-3-18(16)17;19-9-12-6-13(10-20)8-15(7-12)17-3-1-2-16-14(11-21)4-5-18(16)17;6*1-2/h1-4,6,8,15H,5,7,9-11,19-21H2;4-8H,1-3,9-11,19-21H2;1-3,6-8,14H,4-5,9-11,19-21H2;6*1-2H3. The van der Waals surface area contributed by atoms with E-state index in [1.807, 2.05) is 83.1 Å². The van der Waals surface area contributed by atoms with Crippen LogP contribution in [0.1, 0.15) is 187 Å². The summed E-state index contributed by atoms with van der Waals surface area (Å²) in [4.78, 5) is 0. The highest BCUT2D eigenvalue weighted by molar-refractivity contribution is 7.17. The maximum absolute atomic E-state index is 2.94. The fourth-order valence-corrected chi connectivity index (χ4v) is 13.2. The second kappa shape index (κ2) is 42.1. The second-order valence-electron chi connectivity index (χ2n) is 17.3. The Morgan fingerprint density at radius 3 is 1.23 bits per heavy atom. The van der Waals surface area contributed by atoms with Gasteiger partial charge in [-0.2, -0.15) is 0 Å². The van der Waals surface area contributed by atoms with Crippen molar-refractivity contribution < 1.29 is 0 Å². The van der Waals surface area contributed by atoms with E-state index in [1.165, 1.54) is 130 Å². The van der Waals surface area contributed by atoms with E-state index in [0.717, 1.165) is 55.0 Å². The molecule has 0 aliphatic heterocycles. The van der Waals surface area contributed by atoms with Crippen molar-refractivity contribution in [3.63, 3.8) is 0 Å². The van der Waals surface area contributed by atoms with Crippen LogP contribution < -0.4 is 0 Å². The lowest BCUT2D eigenvalue weighted by molar-refractivity contribution is 0.754. The summed E-state index contributed by atoms with van der Waals surface area (Å²) in [6.45, 7) is 24.0. The first-order valence-corrected chi connectivity index (χ1v) is 36.2. The molecule has 0 aromatic heterocycles. The van der Waals surface area contributed by atoms with Crippen molar-refractivity contribution in [1.82, 2.24) is 0 Å². The monoisotopic (exact) mass is 1180 g/mol. The van der Waals surface area contributed by atoms with Crippen molar-refractivity contribution in [2.45, 2.75) is 183 Å². The van der Waals surface area contributed by atoms with Gasteiger partial charge < -0.3 is 0 Å². The van der Waals surface area contributed by atoms with E-state index in [9.17, 15) is 0 Å². The molecule has 3 aliphatic carbocycles. The molecule has 0 saturated heterocycles. The van der Waals surface area contributed by atoms with Crippen molar-refractivity contribution in [1.29, 1.82) is 0 Å². The molecular weight excluding hydrogens is 1070 g/mol. The molecule has 0 amide bonds. The third-order valence-corrected chi connectivity index (χ3v) is 17.9.